The molecule has 19 heavy (non-hydrogen) atoms. The van der Waals surface area contributed by atoms with Crippen molar-refractivity contribution in [3.63, 3.8) is 0 Å². The van der Waals surface area contributed by atoms with Gasteiger partial charge in [-0.15, -0.1) is 0 Å². The lowest BCUT2D eigenvalue weighted by molar-refractivity contribution is 0.122. The summed E-state index contributed by atoms with van der Waals surface area (Å²) in [5.41, 5.74) is 1.25. The molecule has 1 N–H and O–H groups in total. The number of hydrogen-bond acceptors (Lipinski definition) is 4. The van der Waals surface area contributed by atoms with Crippen LogP contribution in [0.3, 0.4) is 0 Å². The van der Waals surface area contributed by atoms with Gasteiger partial charge < -0.3 is 10.0 Å². The third-order valence-corrected chi connectivity index (χ3v) is 4.03. The van der Waals surface area contributed by atoms with Gasteiger partial charge in [0.25, 0.3) is 0 Å². The first kappa shape index (κ1) is 14.3. The zero-order chi connectivity index (χ0) is 14.0. The fourth-order valence-electron chi connectivity index (χ4n) is 2.50. The van der Waals surface area contributed by atoms with E-state index in [0.29, 0.717) is 6.04 Å². The van der Waals surface area contributed by atoms with Gasteiger partial charge in [0.2, 0.25) is 5.95 Å². The van der Waals surface area contributed by atoms with E-state index in [-0.39, 0.29) is 11.5 Å². The summed E-state index contributed by atoms with van der Waals surface area (Å²) in [7, 11) is 2.05. The van der Waals surface area contributed by atoms with E-state index in [2.05, 4.69) is 42.7 Å². The first-order valence-electron chi connectivity index (χ1n) is 7.11. The topological polar surface area (TPSA) is 49.2 Å². The highest BCUT2D eigenvalue weighted by atomic mass is 16.3. The first-order chi connectivity index (χ1) is 8.88. The van der Waals surface area contributed by atoms with Gasteiger partial charge >= 0.3 is 0 Å². The maximum Gasteiger partial charge on any atom is 0.225 e. The molecule has 0 bridgehead atoms. The maximum absolute atomic E-state index is 9.56. The highest BCUT2D eigenvalue weighted by Crippen LogP contribution is 2.26. The third kappa shape index (κ3) is 3.44. The molecule has 0 amide bonds. The van der Waals surface area contributed by atoms with Crippen LogP contribution < -0.4 is 4.90 Å². The van der Waals surface area contributed by atoms with Gasteiger partial charge in [0.15, 0.2) is 0 Å². The van der Waals surface area contributed by atoms with Crippen LogP contribution >= 0.6 is 0 Å². The number of aliphatic hydroxyl groups excluding tert-OH is 1. The molecule has 4 nitrogen and oxygen atoms in total. The normalized spacial score (nSPS) is 24.3. The summed E-state index contributed by atoms with van der Waals surface area (Å²) in [5.74, 6) is 0.786. The summed E-state index contributed by atoms with van der Waals surface area (Å²) in [4.78, 5) is 11.1. The summed E-state index contributed by atoms with van der Waals surface area (Å²) in [6, 6.07) is 0.448. The number of rotatable bonds is 2. The van der Waals surface area contributed by atoms with Crippen molar-refractivity contribution in [2.45, 2.75) is 64.0 Å². The number of hydrogen-bond donors (Lipinski definition) is 1. The van der Waals surface area contributed by atoms with Crippen molar-refractivity contribution in [1.82, 2.24) is 9.97 Å². The van der Waals surface area contributed by atoms with E-state index < -0.39 is 0 Å². The summed E-state index contributed by atoms with van der Waals surface area (Å²) in [5, 5.41) is 9.56. The quantitative estimate of drug-likeness (QED) is 0.890. The Kier molecular flexibility index (Phi) is 4.09. The van der Waals surface area contributed by atoms with Crippen molar-refractivity contribution >= 4 is 5.95 Å². The Balaban J connectivity index is 2.05. The van der Waals surface area contributed by atoms with Gasteiger partial charge in [0, 0.05) is 25.5 Å². The summed E-state index contributed by atoms with van der Waals surface area (Å²) < 4.78 is 0. The third-order valence-electron chi connectivity index (χ3n) is 4.03. The molecule has 1 saturated carbocycles. The molecule has 1 aromatic heterocycles. The average molecular weight is 263 g/mol. The Morgan fingerprint density at radius 3 is 2.11 bits per heavy atom. The van der Waals surface area contributed by atoms with Crippen molar-refractivity contribution in [2.24, 2.45) is 0 Å². The fourth-order valence-corrected chi connectivity index (χ4v) is 2.50. The van der Waals surface area contributed by atoms with Gasteiger partial charge in [-0.05, 0) is 36.7 Å². The monoisotopic (exact) mass is 263 g/mol. The van der Waals surface area contributed by atoms with Crippen molar-refractivity contribution in [2.75, 3.05) is 11.9 Å². The van der Waals surface area contributed by atoms with Gasteiger partial charge in [-0.2, -0.15) is 0 Å². The Morgan fingerprint density at radius 2 is 1.63 bits per heavy atom. The van der Waals surface area contributed by atoms with Gasteiger partial charge in [0.1, 0.15) is 0 Å². The molecule has 0 aromatic carbocycles. The first-order valence-corrected chi connectivity index (χ1v) is 7.11. The predicted molar refractivity (Wildman–Crippen MR) is 77.4 cm³/mol. The van der Waals surface area contributed by atoms with E-state index >= 15 is 0 Å². The molecule has 1 fully saturated rings. The minimum absolute atomic E-state index is 0.0893. The maximum atomic E-state index is 9.56. The molecule has 0 spiro atoms. The number of nitrogens with zero attached hydrogens (tertiary/aromatic N) is 3. The van der Waals surface area contributed by atoms with Crippen LogP contribution in [0.2, 0.25) is 0 Å². The average Bonchev–Trinajstić information content (AvgIpc) is 2.38. The van der Waals surface area contributed by atoms with Crippen LogP contribution in [0.25, 0.3) is 0 Å². The molecule has 1 heterocycles. The fraction of sp³-hybridized carbons (Fsp3) is 0.733. The van der Waals surface area contributed by atoms with Crippen LogP contribution in [0.1, 0.15) is 52.0 Å². The van der Waals surface area contributed by atoms with Crippen molar-refractivity contribution in [3.05, 3.63) is 18.0 Å². The molecular weight excluding hydrogens is 238 g/mol. The highest BCUT2D eigenvalue weighted by Gasteiger charge is 2.24. The Hall–Kier alpha value is -1.16. The molecule has 1 aromatic rings. The lowest BCUT2D eigenvalue weighted by Crippen LogP contribution is -2.37. The van der Waals surface area contributed by atoms with Crippen LogP contribution in [-0.2, 0) is 5.41 Å². The lowest BCUT2D eigenvalue weighted by atomic mass is 9.89. The molecule has 0 aliphatic heterocycles. The molecule has 0 radical (unpaired) electrons. The van der Waals surface area contributed by atoms with E-state index in [1.165, 1.54) is 0 Å². The SMILES string of the molecule is CN(c1ncc(C(C)(C)C)cn1)C1CCC(O)CC1. The second kappa shape index (κ2) is 5.45. The van der Waals surface area contributed by atoms with Gasteiger partial charge in [-0.25, -0.2) is 9.97 Å². The van der Waals surface area contributed by atoms with E-state index in [9.17, 15) is 5.11 Å². The second-order valence-corrected chi connectivity index (χ2v) is 6.59. The lowest BCUT2D eigenvalue weighted by Gasteiger charge is -2.33. The van der Waals surface area contributed by atoms with E-state index in [1.54, 1.807) is 0 Å². The van der Waals surface area contributed by atoms with Crippen LogP contribution in [0, 0.1) is 0 Å². The van der Waals surface area contributed by atoms with Crippen LogP contribution in [0.4, 0.5) is 5.95 Å². The Bertz CT molecular complexity index is 402. The zero-order valence-electron chi connectivity index (χ0n) is 12.4. The molecule has 2 rings (SSSR count). The molecule has 0 saturated heterocycles. The van der Waals surface area contributed by atoms with E-state index in [0.717, 1.165) is 37.2 Å². The van der Waals surface area contributed by atoms with Crippen molar-refractivity contribution in [3.8, 4) is 0 Å². The minimum Gasteiger partial charge on any atom is -0.393 e. The largest absolute Gasteiger partial charge is 0.393 e. The standard InChI is InChI=1S/C15H25N3O/c1-15(2,3)11-9-16-14(17-10-11)18(4)12-5-7-13(19)8-6-12/h9-10,12-13,19H,5-8H2,1-4H3. The predicted octanol–water partition coefficient (Wildman–Crippen LogP) is 2.51. The van der Waals surface area contributed by atoms with Gasteiger partial charge in [0.05, 0.1) is 6.10 Å². The summed E-state index contributed by atoms with van der Waals surface area (Å²) in [6.45, 7) is 6.49. The van der Waals surface area contributed by atoms with Crippen LogP contribution in [-0.4, -0.2) is 34.3 Å². The summed E-state index contributed by atoms with van der Waals surface area (Å²) >= 11 is 0. The van der Waals surface area contributed by atoms with Gasteiger partial charge in [-0.1, -0.05) is 20.8 Å². The van der Waals surface area contributed by atoms with E-state index in [1.807, 2.05) is 12.4 Å². The zero-order valence-corrected chi connectivity index (χ0v) is 12.4. The smallest absolute Gasteiger partial charge is 0.225 e. The van der Waals surface area contributed by atoms with Crippen LogP contribution in [0.5, 0.6) is 0 Å². The molecule has 4 heteroatoms. The number of aromatic nitrogens is 2. The highest BCUT2D eigenvalue weighted by molar-refractivity contribution is 5.31. The van der Waals surface area contributed by atoms with Gasteiger partial charge in [-0.3, -0.25) is 0 Å². The summed E-state index contributed by atoms with van der Waals surface area (Å²) in [6.07, 6.45) is 7.54. The minimum atomic E-state index is -0.117. The van der Waals surface area contributed by atoms with Crippen LogP contribution in [0.15, 0.2) is 12.4 Å². The Labute approximate surface area is 115 Å². The van der Waals surface area contributed by atoms with Crippen molar-refractivity contribution < 1.29 is 5.11 Å². The number of aliphatic hydroxyl groups is 1. The van der Waals surface area contributed by atoms with E-state index in [4.69, 9.17) is 0 Å². The molecule has 1 aliphatic rings. The molecule has 0 atom stereocenters. The number of anilines is 1. The molecule has 0 unspecified atom stereocenters. The molecule has 1 aliphatic carbocycles. The Morgan fingerprint density at radius 1 is 1.11 bits per heavy atom. The molecule has 106 valence electrons. The second-order valence-electron chi connectivity index (χ2n) is 6.59. The molecular formula is C15H25N3O. The van der Waals surface area contributed by atoms with Crippen molar-refractivity contribution in [1.29, 1.82) is 0 Å².